The standard InChI is InChI=1S/C20H21FN4O3/c1-13(2)9-10-22-17(26)12-25-11-3-4-16(20(25)27)19-23-18(24-28-19)14-5-7-15(21)8-6-14/h3-8,11,13H,9-10,12H2,1-2H3,(H,22,26). The second-order valence-electron chi connectivity index (χ2n) is 6.82. The van der Waals surface area contributed by atoms with Crippen molar-refractivity contribution in [2.75, 3.05) is 6.54 Å². The molecule has 0 aliphatic carbocycles. The van der Waals surface area contributed by atoms with Crippen molar-refractivity contribution in [2.24, 2.45) is 5.92 Å². The van der Waals surface area contributed by atoms with Crippen LogP contribution in [0, 0.1) is 11.7 Å². The fraction of sp³-hybridized carbons (Fsp3) is 0.300. The van der Waals surface area contributed by atoms with Gasteiger partial charge < -0.3 is 14.4 Å². The molecular formula is C20H21FN4O3. The predicted octanol–water partition coefficient (Wildman–Crippen LogP) is 2.87. The van der Waals surface area contributed by atoms with Gasteiger partial charge in [-0.3, -0.25) is 9.59 Å². The lowest BCUT2D eigenvalue weighted by molar-refractivity contribution is -0.121. The molecule has 0 bridgehead atoms. The summed E-state index contributed by atoms with van der Waals surface area (Å²) in [7, 11) is 0. The van der Waals surface area contributed by atoms with Gasteiger partial charge in [-0.15, -0.1) is 0 Å². The van der Waals surface area contributed by atoms with Crippen molar-refractivity contribution in [1.82, 2.24) is 20.0 Å². The fourth-order valence-electron chi connectivity index (χ4n) is 2.58. The number of aromatic nitrogens is 3. The summed E-state index contributed by atoms with van der Waals surface area (Å²) in [6, 6.07) is 8.82. The van der Waals surface area contributed by atoms with E-state index in [1.54, 1.807) is 12.1 Å². The monoisotopic (exact) mass is 384 g/mol. The van der Waals surface area contributed by atoms with Crippen molar-refractivity contribution in [1.29, 1.82) is 0 Å². The average Bonchev–Trinajstić information content (AvgIpc) is 3.13. The lowest BCUT2D eigenvalue weighted by Gasteiger charge is -2.09. The third-order valence-electron chi connectivity index (χ3n) is 4.14. The third-order valence-corrected chi connectivity index (χ3v) is 4.14. The molecule has 0 saturated heterocycles. The number of hydrogen-bond donors (Lipinski definition) is 1. The van der Waals surface area contributed by atoms with Crippen LogP contribution in [0.4, 0.5) is 4.39 Å². The van der Waals surface area contributed by atoms with Crippen LogP contribution in [0.2, 0.25) is 0 Å². The summed E-state index contributed by atoms with van der Waals surface area (Å²) in [5.74, 6) is 0.164. The molecule has 0 aliphatic rings. The highest BCUT2D eigenvalue weighted by atomic mass is 19.1. The molecule has 146 valence electrons. The second kappa shape index (κ2) is 8.60. The largest absolute Gasteiger partial charge is 0.355 e. The van der Waals surface area contributed by atoms with E-state index in [9.17, 15) is 14.0 Å². The predicted molar refractivity (Wildman–Crippen MR) is 102 cm³/mol. The lowest BCUT2D eigenvalue weighted by atomic mass is 10.1. The van der Waals surface area contributed by atoms with Gasteiger partial charge >= 0.3 is 0 Å². The van der Waals surface area contributed by atoms with E-state index < -0.39 is 5.56 Å². The number of halogens is 1. The molecule has 0 saturated carbocycles. The minimum Gasteiger partial charge on any atom is -0.355 e. The van der Waals surface area contributed by atoms with Crippen LogP contribution in [0.1, 0.15) is 20.3 Å². The summed E-state index contributed by atoms with van der Waals surface area (Å²) in [5.41, 5.74) is 0.353. The molecule has 1 N–H and O–H groups in total. The van der Waals surface area contributed by atoms with E-state index in [2.05, 4.69) is 29.3 Å². The maximum atomic E-state index is 13.1. The van der Waals surface area contributed by atoms with Crippen LogP contribution < -0.4 is 10.9 Å². The number of amides is 1. The Hall–Kier alpha value is -3.29. The number of carbonyl (C=O) groups excluding carboxylic acids is 1. The molecule has 3 rings (SSSR count). The highest BCUT2D eigenvalue weighted by Gasteiger charge is 2.16. The molecule has 0 unspecified atom stereocenters. The van der Waals surface area contributed by atoms with Gasteiger partial charge in [-0.25, -0.2) is 4.39 Å². The number of hydrogen-bond acceptors (Lipinski definition) is 5. The molecule has 0 atom stereocenters. The van der Waals surface area contributed by atoms with Crippen molar-refractivity contribution in [3.63, 3.8) is 0 Å². The van der Waals surface area contributed by atoms with E-state index in [0.717, 1.165) is 6.42 Å². The fourth-order valence-corrected chi connectivity index (χ4v) is 2.58. The zero-order valence-corrected chi connectivity index (χ0v) is 15.7. The van der Waals surface area contributed by atoms with Gasteiger partial charge in [-0.2, -0.15) is 4.98 Å². The van der Waals surface area contributed by atoms with Crippen LogP contribution in [0.15, 0.2) is 51.9 Å². The number of nitrogens with zero attached hydrogens (tertiary/aromatic N) is 3. The molecule has 0 radical (unpaired) electrons. The van der Waals surface area contributed by atoms with Gasteiger partial charge in [0.2, 0.25) is 11.7 Å². The smallest absolute Gasteiger partial charge is 0.263 e. The Balaban J connectivity index is 1.77. The first-order valence-electron chi connectivity index (χ1n) is 9.00. The summed E-state index contributed by atoms with van der Waals surface area (Å²) >= 11 is 0. The van der Waals surface area contributed by atoms with Crippen LogP contribution in [0.25, 0.3) is 22.8 Å². The van der Waals surface area contributed by atoms with Gasteiger partial charge in [0.05, 0.1) is 0 Å². The van der Waals surface area contributed by atoms with Crippen molar-refractivity contribution >= 4 is 5.91 Å². The molecule has 1 aromatic carbocycles. The summed E-state index contributed by atoms with van der Waals surface area (Å²) in [4.78, 5) is 29.0. The highest BCUT2D eigenvalue weighted by Crippen LogP contribution is 2.20. The number of pyridine rings is 1. The minimum absolute atomic E-state index is 0.0406. The van der Waals surface area contributed by atoms with Crippen LogP contribution in [0.3, 0.4) is 0 Å². The molecule has 0 aliphatic heterocycles. The first kappa shape index (κ1) is 19.5. The van der Waals surface area contributed by atoms with Gasteiger partial charge in [0.15, 0.2) is 0 Å². The normalized spacial score (nSPS) is 11.0. The Morgan fingerprint density at radius 3 is 2.71 bits per heavy atom. The molecule has 1 amide bonds. The van der Waals surface area contributed by atoms with Crippen LogP contribution in [-0.4, -0.2) is 27.2 Å². The number of rotatable bonds is 7. The molecule has 2 heterocycles. The Morgan fingerprint density at radius 1 is 1.25 bits per heavy atom. The van der Waals surface area contributed by atoms with Gasteiger partial charge in [0, 0.05) is 18.3 Å². The molecule has 8 heteroatoms. The van der Waals surface area contributed by atoms with Crippen molar-refractivity contribution in [3.05, 3.63) is 58.8 Å². The van der Waals surface area contributed by atoms with E-state index in [4.69, 9.17) is 4.52 Å². The molecule has 0 spiro atoms. The topological polar surface area (TPSA) is 90.0 Å². The first-order chi connectivity index (χ1) is 13.4. The average molecular weight is 384 g/mol. The van der Waals surface area contributed by atoms with E-state index >= 15 is 0 Å². The number of carbonyl (C=O) groups is 1. The molecule has 0 fully saturated rings. The SMILES string of the molecule is CC(C)CCNC(=O)Cn1cccc(-c2nc(-c3ccc(F)cc3)no2)c1=O. The highest BCUT2D eigenvalue weighted by molar-refractivity contribution is 5.75. The van der Waals surface area contributed by atoms with Gasteiger partial charge in [-0.1, -0.05) is 19.0 Å². The quantitative estimate of drug-likeness (QED) is 0.676. The Kier molecular flexibility index (Phi) is 5.98. The van der Waals surface area contributed by atoms with Gasteiger partial charge in [0.1, 0.15) is 17.9 Å². The Bertz CT molecular complexity index is 1010. The minimum atomic E-state index is -0.407. The van der Waals surface area contributed by atoms with Crippen molar-refractivity contribution in [3.8, 4) is 22.8 Å². The Morgan fingerprint density at radius 2 is 2.00 bits per heavy atom. The molecule has 7 nitrogen and oxygen atoms in total. The van der Waals surface area contributed by atoms with E-state index in [-0.39, 0.29) is 35.5 Å². The lowest BCUT2D eigenvalue weighted by Crippen LogP contribution is -2.33. The zero-order valence-electron chi connectivity index (χ0n) is 15.7. The number of nitrogens with one attached hydrogen (secondary N) is 1. The van der Waals surface area contributed by atoms with E-state index in [0.29, 0.717) is 18.0 Å². The van der Waals surface area contributed by atoms with Gasteiger partial charge in [0.25, 0.3) is 11.4 Å². The third kappa shape index (κ3) is 4.70. The first-order valence-corrected chi connectivity index (χ1v) is 9.00. The molecule has 28 heavy (non-hydrogen) atoms. The number of benzene rings is 1. The summed E-state index contributed by atoms with van der Waals surface area (Å²) in [6.07, 6.45) is 2.40. The summed E-state index contributed by atoms with van der Waals surface area (Å²) in [5, 5.41) is 6.64. The van der Waals surface area contributed by atoms with Crippen LogP contribution >= 0.6 is 0 Å². The Labute approximate surface area is 161 Å². The summed E-state index contributed by atoms with van der Waals surface area (Å²) < 4.78 is 19.5. The van der Waals surface area contributed by atoms with Gasteiger partial charge in [-0.05, 0) is 48.7 Å². The molecule has 3 aromatic rings. The van der Waals surface area contributed by atoms with E-state index in [1.807, 2.05) is 0 Å². The van der Waals surface area contributed by atoms with Crippen LogP contribution in [0.5, 0.6) is 0 Å². The second-order valence-corrected chi connectivity index (χ2v) is 6.82. The maximum absolute atomic E-state index is 13.1. The molecule has 2 aromatic heterocycles. The molecular weight excluding hydrogens is 363 g/mol. The summed E-state index contributed by atoms with van der Waals surface area (Å²) in [6.45, 7) is 4.62. The van der Waals surface area contributed by atoms with Crippen LogP contribution in [-0.2, 0) is 11.3 Å². The van der Waals surface area contributed by atoms with Crippen molar-refractivity contribution < 1.29 is 13.7 Å². The maximum Gasteiger partial charge on any atom is 0.263 e. The zero-order chi connectivity index (χ0) is 20.1. The van der Waals surface area contributed by atoms with E-state index in [1.165, 1.54) is 35.0 Å². The van der Waals surface area contributed by atoms with Crippen molar-refractivity contribution in [2.45, 2.75) is 26.8 Å².